The lowest BCUT2D eigenvalue weighted by molar-refractivity contribution is 0.0760. The van der Waals surface area contributed by atoms with Crippen LogP contribution in [0.4, 0.5) is 0 Å². The third-order valence-electron chi connectivity index (χ3n) is 5.17. The number of carbonyl (C=O) groups excluding carboxylic acids is 1. The van der Waals surface area contributed by atoms with Crippen LogP contribution in [0, 0.1) is 25.7 Å². The van der Waals surface area contributed by atoms with Gasteiger partial charge in [-0.15, -0.1) is 21.5 Å². The van der Waals surface area contributed by atoms with E-state index in [1.807, 2.05) is 30.9 Å². The summed E-state index contributed by atoms with van der Waals surface area (Å²) in [5.41, 5.74) is 0.947. The number of nitrogens with zero attached hydrogens (tertiary/aromatic N) is 4. The molecule has 3 atom stereocenters. The van der Waals surface area contributed by atoms with Gasteiger partial charge in [-0.05, 0) is 54.6 Å². The van der Waals surface area contributed by atoms with Crippen molar-refractivity contribution in [1.29, 1.82) is 0 Å². The molecule has 1 aliphatic carbocycles. The van der Waals surface area contributed by atoms with Crippen LogP contribution in [0.1, 0.15) is 33.2 Å². The molecule has 0 N–H and O–H groups in total. The molecule has 1 saturated carbocycles. The summed E-state index contributed by atoms with van der Waals surface area (Å²) in [6.45, 7) is 5.49. The van der Waals surface area contributed by atoms with Gasteiger partial charge in [0.05, 0.1) is 5.69 Å². The summed E-state index contributed by atoms with van der Waals surface area (Å²) in [6, 6.07) is 3.65. The van der Waals surface area contributed by atoms with Gasteiger partial charge in [0.15, 0.2) is 5.01 Å². The Bertz CT molecular complexity index is 775. The number of likely N-dealkylation sites (tertiary alicyclic amines) is 1. The second-order valence-electron chi connectivity index (χ2n) is 6.72. The monoisotopic (exact) mass is 422 g/mol. The minimum atomic E-state index is 0.0535. The fourth-order valence-electron chi connectivity index (χ4n) is 3.75. The first-order valence-corrected chi connectivity index (χ1v) is 10.0. The first kappa shape index (κ1) is 16.9. The van der Waals surface area contributed by atoms with Crippen LogP contribution in [0.25, 0.3) is 0 Å². The number of carbonyl (C=O) groups is 1. The molecule has 2 aliphatic rings. The number of hydrogen-bond donors (Lipinski definition) is 0. The zero-order chi connectivity index (χ0) is 17.6. The summed E-state index contributed by atoms with van der Waals surface area (Å²) in [7, 11) is 0. The largest absolute Gasteiger partial charge is 0.473 e. The molecule has 8 heteroatoms. The van der Waals surface area contributed by atoms with Crippen molar-refractivity contribution in [3.05, 3.63) is 32.3 Å². The van der Waals surface area contributed by atoms with Crippen LogP contribution in [0.3, 0.4) is 0 Å². The standard InChI is InChI=1S/C17H19BrN4O2S/c1-9-10(2)25-16(19-9)17(23)22-7-11-3-4-13(12(11)8-22)24-15-6-5-14(18)20-21-15/h5-6,11-13H,3-4,7-8H2,1-2H3/t11-,12+,13+/m0/s1. The Hall–Kier alpha value is -1.54. The van der Waals surface area contributed by atoms with Gasteiger partial charge >= 0.3 is 0 Å². The lowest BCUT2D eigenvalue weighted by Gasteiger charge is -2.20. The Labute approximate surface area is 158 Å². The van der Waals surface area contributed by atoms with E-state index in [4.69, 9.17) is 4.74 Å². The lowest BCUT2D eigenvalue weighted by Crippen LogP contribution is -2.32. The molecule has 0 unspecified atom stereocenters. The Balaban J connectivity index is 1.44. The third-order valence-corrected chi connectivity index (χ3v) is 6.65. The average molecular weight is 423 g/mol. The number of amides is 1. The molecule has 0 bridgehead atoms. The number of hydrogen-bond acceptors (Lipinski definition) is 6. The fourth-order valence-corrected chi connectivity index (χ4v) is 4.84. The van der Waals surface area contributed by atoms with E-state index in [0.29, 0.717) is 27.3 Å². The van der Waals surface area contributed by atoms with Crippen LogP contribution < -0.4 is 4.74 Å². The molecule has 6 nitrogen and oxygen atoms in total. The molecule has 4 rings (SSSR count). The van der Waals surface area contributed by atoms with E-state index in [9.17, 15) is 4.79 Å². The van der Waals surface area contributed by atoms with Crippen molar-refractivity contribution in [3.63, 3.8) is 0 Å². The van der Waals surface area contributed by atoms with Gasteiger partial charge in [0, 0.05) is 30.0 Å². The van der Waals surface area contributed by atoms with Gasteiger partial charge in [0.25, 0.3) is 5.91 Å². The topological polar surface area (TPSA) is 68.2 Å². The summed E-state index contributed by atoms with van der Waals surface area (Å²) in [6.07, 6.45) is 2.18. The first-order chi connectivity index (χ1) is 12.0. The van der Waals surface area contributed by atoms with Crippen molar-refractivity contribution in [3.8, 4) is 5.88 Å². The van der Waals surface area contributed by atoms with Crippen LogP contribution in [0.5, 0.6) is 5.88 Å². The summed E-state index contributed by atoms with van der Waals surface area (Å²) < 4.78 is 6.75. The Morgan fingerprint density at radius 3 is 2.80 bits per heavy atom. The Morgan fingerprint density at radius 2 is 2.12 bits per heavy atom. The molecule has 2 aromatic rings. The molecule has 2 aromatic heterocycles. The van der Waals surface area contributed by atoms with Crippen LogP contribution >= 0.6 is 27.3 Å². The van der Waals surface area contributed by atoms with E-state index in [-0.39, 0.29) is 12.0 Å². The highest BCUT2D eigenvalue weighted by molar-refractivity contribution is 9.10. The molecule has 0 aromatic carbocycles. The van der Waals surface area contributed by atoms with Crippen molar-refractivity contribution in [1.82, 2.24) is 20.1 Å². The van der Waals surface area contributed by atoms with Gasteiger partial charge in [-0.3, -0.25) is 4.79 Å². The number of halogens is 1. The number of aromatic nitrogens is 3. The van der Waals surface area contributed by atoms with Gasteiger partial charge in [0.2, 0.25) is 5.88 Å². The van der Waals surface area contributed by atoms with E-state index in [1.165, 1.54) is 11.3 Å². The fraction of sp³-hybridized carbons (Fsp3) is 0.529. The predicted molar refractivity (Wildman–Crippen MR) is 97.9 cm³/mol. The number of ether oxygens (including phenoxy) is 1. The second-order valence-corrected chi connectivity index (χ2v) is 8.74. The van der Waals surface area contributed by atoms with Gasteiger partial charge in [-0.1, -0.05) is 0 Å². The summed E-state index contributed by atoms with van der Waals surface area (Å²) in [5.74, 6) is 1.46. The maximum atomic E-state index is 12.8. The molecule has 0 radical (unpaired) electrons. The predicted octanol–water partition coefficient (Wildman–Crippen LogP) is 3.24. The smallest absolute Gasteiger partial charge is 0.282 e. The van der Waals surface area contributed by atoms with Gasteiger partial charge in [0.1, 0.15) is 10.7 Å². The summed E-state index contributed by atoms with van der Waals surface area (Å²) in [4.78, 5) is 20.2. The molecular formula is C17H19BrN4O2S. The summed E-state index contributed by atoms with van der Waals surface area (Å²) in [5, 5.41) is 8.64. The highest BCUT2D eigenvalue weighted by Crippen LogP contribution is 2.40. The summed E-state index contributed by atoms with van der Waals surface area (Å²) >= 11 is 4.76. The third kappa shape index (κ3) is 3.29. The minimum absolute atomic E-state index is 0.0535. The molecule has 132 valence electrons. The SMILES string of the molecule is Cc1nc(C(=O)N2C[C@@H]3CC[C@@H](Oc4ccc(Br)nn4)[C@@H]3C2)sc1C. The van der Waals surface area contributed by atoms with Crippen molar-refractivity contribution in [2.75, 3.05) is 13.1 Å². The number of rotatable bonds is 3. The quantitative estimate of drug-likeness (QED) is 0.758. The molecule has 0 spiro atoms. The highest BCUT2D eigenvalue weighted by atomic mass is 79.9. The first-order valence-electron chi connectivity index (χ1n) is 8.40. The Kier molecular flexibility index (Phi) is 4.49. The van der Waals surface area contributed by atoms with Gasteiger partial charge in [-0.2, -0.15) is 0 Å². The normalized spacial score (nSPS) is 25.2. The molecule has 25 heavy (non-hydrogen) atoms. The molecule has 3 heterocycles. The maximum absolute atomic E-state index is 12.8. The minimum Gasteiger partial charge on any atom is -0.473 e. The van der Waals surface area contributed by atoms with E-state index in [1.54, 1.807) is 0 Å². The zero-order valence-electron chi connectivity index (χ0n) is 14.1. The molecule has 1 saturated heterocycles. The number of fused-ring (bicyclic) bond motifs is 1. The Morgan fingerprint density at radius 1 is 1.28 bits per heavy atom. The van der Waals surface area contributed by atoms with Gasteiger partial charge < -0.3 is 9.64 Å². The zero-order valence-corrected chi connectivity index (χ0v) is 16.5. The van der Waals surface area contributed by atoms with E-state index >= 15 is 0 Å². The van der Waals surface area contributed by atoms with Crippen molar-refractivity contribution in [2.45, 2.75) is 32.8 Å². The van der Waals surface area contributed by atoms with E-state index < -0.39 is 0 Å². The van der Waals surface area contributed by atoms with Crippen LogP contribution in [-0.4, -0.2) is 45.2 Å². The second kappa shape index (κ2) is 6.64. The number of thiazole rings is 1. The van der Waals surface area contributed by atoms with Crippen molar-refractivity contribution >= 4 is 33.2 Å². The number of aryl methyl sites for hydroxylation is 2. The lowest BCUT2D eigenvalue weighted by atomic mass is 9.99. The van der Waals surface area contributed by atoms with Gasteiger partial charge in [-0.25, -0.2) is 4.98 Å². The average Bonchev–Trinajstić information content (AvgIpc) is 3.26. The van der Waals surface area contributed by atoms with Crippen molar-refractivity contribution in [2.24, 2.45) is 11.8 Å². The molecule has 1 aliphatic heterocycles. The molecule has 2 fully saturated rings. The van der Waals surface area contributed by atoms with E-state index in [0.717, 1.165) is 36.5 Å². The van der Waals surface area contributed by atoms with Crippen LogP contribution in [0.15, 0.2) is 16.7 Å². The maximum Gasteiger partial charge on any atom is 0.282 e. The van der Waals surface area contributed by atoms with Crippen LogP contribution in [-0.2, 0) is 0 Å². The van der Waals surface area contributed by atoms with Crippen LogP contribution in [0.2, 0.25) is 0 Å². The molecular weight excluding hydrogens is 404 g/mol. The van der Waals surface area contributed by atoms with E-state index in [2.05, 4.69) is 31.1 Å². The molecule has 1 amide bonds. The van der Waals surface area contributed by atoms with Crippen molar-refractivity contribution < 1.29 is 9.53 Å². The highest BCUT2D eigenvalue weighted by Gasteiger charge is 2.45.